The quantitative estimate of drug-likeness (QED) is 0.457. The van der Waals surface area contributed by atoms with Crippen molar-refractivity contribution >= 4 is 46.4 Å². The Morgan fingerprint density at radius 1 is 0.885 bits per heavy atom. The van der Waals surface area contributed by atoms with Crippen LogP contribution >= 0.6 is 11.6 Å². The van der Waals surface area contributed by atoms with Gasteiger partial charge in [0.1, 0.15) is 0 Å². The zero-order chi connectivity index (χ0) is 17.9. The first-order valence-corrected chi connectivity index (χ1v) is 8.51. The number of benzene rings is 3. The normalized spacial score (nSPS) is 15.7. The topological polar surface area (TPSA) is 38.7 Å². The number of fused-ring (bicyclic) bond motifs is 1. The van der Waals surface area contributed by atoms with Gasteiger partial charge in [0.05, 0.1) is 0 Å². The standard InChI is InChI=1S/C22H14ClNO2/c23-18-11-8-15(9-12-18)10-13-21-24-20(22(25)26-21)14-17-6-3-5-16-4-1-2-7-19(16)17/h1-14H/b13-10+,20-14-. The molecular formula is C22H14ClNO2. The van der Waals surface area contributed by atoms with Crippen LogP contribution in [0.25, 0.3) is 22.9 Å². The Labute approximate surface area is 155 Å². The van der Waals surface area contributed by atoms with E-state index in [1.165, 1.54) is 0 Å². The van der Waals surface area contributed by atoms with Gasteiger partial charge in [0, 0.05) is 11.1 Å². The number of carbonyl (C=O) groups is 1. The molecule has 0 fully saturated rings. The first-order valence-electron chi connectivity index (χ1n) is 8.13. The van der Waals surface area contributed by atoms with Gasteiger partial charge < -0.3 is 4.74 Å². The Balaban J connectivity index is 1.63. The van der Waals surface area contributed by atoms with Gasteiger partial charge in [0.2, 0.25) is 5.90 Å². The van der Waals surface area contributed by atoms with Crippen LogP contribution in [0.1, 0.15) is 11.1 Å². The molecule has 0 N–H and O–H groups in total. The van der Waals surface area contributed by atoms with Crippen LogP contribution in [-0.2, 0) is 9.53 Å². The van der Waals surface area contributed by atoms with Crippen molar-refractivity contribution in [2.45, 2.75) is 0 Å². The predicted molar refractivity (Wildman–Crippen MR) is 106 cm³/mol. The molecule has 3 nitrogen and oxygen atoms in total. The van der Waals surface area contributed by atoms with Crippen LogP contribution in [0.15, 0.2) is 83.5 Å². The number of aliphatic imine (C=N–C) groups is 1. The van der Waals surface area contributed by atoms with E-state index in [1.54, 1.807) is 24.3 Å². The maximum Gasteiger partial charge on any atom is 0.363 e. The van der Waals surface area contributed by atoms with Crippen molar-refractivity contribution in [3.63, 3.8) is 0 Å². The minimum atomic E-state index is -0.450. The van der Waals surface area contributed by atoms with E-state index in [0.717, 1.165) is 21.9 Å². The van der Waals surface area contributed by atoms with E-state index in [-0.39, 0.29) is 11.6 Å². The second-order valence-corrected chi connectivity index (χ2v) is 6.26. The molecule has 4 heteroatoms. The lowest BCUT2D eigenvalue weighted by atomic mass is 10.0. The summed E-state index contributed by atoms with van der Waals surface area (Å²) < 4.78 is 5.23. The third kappa shape index (κ3) is 3.44. The molecule has 0 spiro atoms. The van der Waals surface area contributed by atoms with Crippen LogP contribution in [0.2, 0.25) is 5.02 Å². The summed E-state index contributed by atoms with van der Waals surface area (Å²) in [5.74, 6) is -0.176. The monoisotopic (exact) mass is 359 g/mol. The average molecular weight is 360 g/mol. The van der Waals surface area contributed by atoms with E-state index in [1.807, 2.05) is 60.7 Å². The summed E-state index contributed by atoms with van der Waals surface area (Å²) in [5.41, 5.74) is 2.17. The molecule has 0 saturated carbocycles. The maximum atomic E-state index is 12.1. The lowest BCUT2D eigenvalue weighted by Gasteiger charge is -2.01. The van der Waals surface area contributed by atoms with Crippen LogP contribution in [-0.4, -0.2) is 11.9 Å². The van der Waals surface area contributed by atoms with E-state index >= 15 is 0 Å². The maximum absolute atomic E-state index is 12.1. The largest absolute Gasteiger partial charge is 0.403 e. The van der Waals surface area contributed by atoms with Crippen LogP contribution in [0.4, 0.5) is 0 Å². The molecule has 0 aliphatic carbocycles. The zero-order valence-electron chi connectivity index (χ0n) is 13.7. The summed E-state index contributed by atoms with van der Waals surface area (Å²) in [6.07, 6.45) is 5.25. The van der Waals surface area contributed by atoms with Gasteiger partial charge in [-0.2, -0.15) is 0 Å². The average Bonchev–Trinajstić information content (AvgIpc) is 3.01. The molecule has 26 heavy (non-hydrogen) atoms. The highest BCUT2D eigenvalue weighted by molar-refractivity contribution is 6.30. The Morgan fingerprint density at radius 2 is 1.65 bits per heavy atom. The predicted octanol–water partition coefficient (Wildman–Crippen LogP) is 5.50. The van der Waals surface area contributed by atoms with Crippen molar-refractivity contribution < 1.29 is 9.53 Å². The van der Waals surface area contributed by atoms with E-state index in [0.29, 0.717) is 5.02 Å². The van der Waals surface area contributed by atoms with Crippen LogP contribution in [0.3, 0.4) is 0 Å². The van der Waals surface area contributed by atoms with Crippen LogP contribution in [0.5, 0.6) is 0 Å². The minimum Gasteiger partial charge on any atom is -0.403 e. The van der Waals surface area contributed by atoms with Gasteiger partial charge in [0.25, 0.3) is 0 Å². The molecule has 1 heterocycles. The molecule has 3 aromatic rings. The Bertz CT molecular complexity index is 1070. The summed E-state index contributed by atoms with van der Waals surface area (Å²) in [5, 5.41) is 2.85. The number of halogens is 1. The lowest BCUT2D eigenvalue weighted by molar-refractivity contribution is -0.129. The van der Waals surface area contributed by atoms with Gasteiger partial charge in [-0.3, -0.25) is 0 Å². The Morgan fingerprint density at radius 3 is 2.50 bits per heavy atom. The summed E-state index contributed by atoms with van der Waals surface area (Å²) in [7, 11) is 0. The summed E-state index contributed by atoms with van der Waals surface area (Å²) in [4.78, 5) is 16.4. The molecule has 0 amide bonds. The number of nitrogens with zero attached hydrogens (tertiary/aromatic N) is 1. The third-order valence-electron chi connectivity index (χ3n) is 4.04. The smallest absolute Gasteiger partial charge is 0.363 e. The molecule has 0 atom stereocenters. The summed E-state index contributed by atoms with van der Waals surface area (Å²) >= 11 is 5.87. The van der Waals surface area contributed by atoms with Crippen molar-refractivity contribution in [2.75, 3.05) is 0 Å². The molecule has 0 unspecified atom stereocenters. The van der Waals surface area contributed by atoms with Crippen molar-refractivity contribution in [2.24, 2.45) is 4.99 Å². The third-order valence-corrected chi connectivity index (χ3v) is 4.29. The molecule has 126 valence electrons. The zero-order valence-corrected chi connectivity index (χ0v) is 14.5. The van der Waals surface area contributed by atoms with Crippen LogP contribution in [0, 0.1) is 0 Å². The lowest BCUT2D eigenvalue weighted by Crippen LogP contribution is -2.01. The fraction of sp³-hybridized carbons (Fsp3) is 0. The van der Waals surface area contributed by atoms with Gasteiger partial charge in [-0.1, -0.05) is 66.2 Å². The van der Waals surface area contributed by atoms with Crippen LogP contribution < -0.4 is 0 Å². The minimum absolute atomic E-state index is 0.274. The number of hydrogen-bond acceptors (Lipinski definition) is 3. The van der Waals surface area contributed by atoms with E-state index in [4.69, 9.17) is 16.3 Å². The number of esters is 1. The molecule has 4 rings (SSSR count). The fourth-order valence-corrected chi connectivity index (χ4v) is 2.89. The number of hydrogen-bond donors (Lipinski definition) is 0. The summed E-state index contributed by atoms with van der Waals surface area (Å²) in [6.45, 7) is 0. The highest BCUT2D eigenvalue weighted by atomic mass is 35.5. The van der Waals surface area contributed by atoms with E-state index < -0.39 is 5.97 Å². The van der Waals surface area contributed by atoms with E-state index in [2.05, 4.69) is 4.99 Å². The molecular weight excluding hydrogens is 346 g/mol. The number of carbonyl (C=O) groups excluding carboxylic acids is 1. The molecule has 0 radical (unpaired) electrons. The first kappa shape index (κ1) is 16.3. The van der Waals surface area contributed by atoms with Crippen molar-refractivity contribution in [3.8, 4) is 0 Å². The van der Waals surface area contributed by atoms with E-state index in [9.17, 15) is 4.79 Å². The number of ether oxygens (including phenoxy) is 1. The van der Waals surface area contributed by atoms with Crippen molar-refractivity contribution in [1.29, 1.82) is 0 Å². The first-order chi connectivity index (χ1) is 12.7. The molecule has 0 bridgehead atoms. The Hall–Kier alpha value is -3.17. The highest BCUT2D eigenvalue weighted by Crippen LogP contribution is 2.23. The number of rotatable bonds is 3. The fourth-order valence-electron chi connectivity index (χ4n) is 2.76. The molecule has 0 saturated heterocycles. The van der Waals surface area contributed by atoms with Gasteiger partial charge in [-0.05, 0) is 46.2 Å². The molecule has 0 aromatic heterocycles. The Kier molecular flexibility index (Phi) is 4.38. The second-order valence-electron chi connectivity index (χ2n) is 5.82. The van der Waals surface area contributed by atoms with Crippen molar-refractivity contribution in [3.05, 3.63) is 94.7 Å². The SMILES string of the molecule is O=C1OC(/C=C/c2ccc(Cl)cc2)=NC/1=C\c1cccc2ccccc12. The van der Waals surface area contributed by atoms with Gasteiger partial charge in [0.15, 0.2) is 5.70 Å². The molecule has 1 aliphatic heterocycles. The van der Waals surface area contributed by atoms with Gasteiger partial charge >= 0.3 is 5.97 Å². The number of cyclic esters (lactones) is 1. The summed E-state index contributed by atoms with van der Waals surface area (Å²) in [6, 6.07) is 21.3. The molecule has 3 aromatic carbocycles. The molecule has 1 aliphatic rings. The highest BCUT2D eigenvalue weighted by Gasteiger charge is 2.21. The van der Waals surface area contributed by atoms with Gasteiger partial charge in [-0.15, -0.1) is 0 Å². The second kappa shape index (κ2) is 6.98. The van der Waals surface area contributed by atoms with Crippen molar-refractivity contribution in [1.82, 2.24) is 0 Å². The van der Waals surface area contributed by atoms with Gasteiger partial charge in [-0.25, -0.2) is 9.79 Å².